The van der Waals surface area contributed by atoms with E-state index in [9.17, 15) is 0 Å². The molecule has 13 heavy (non-hydrogen) atoms. The van der Waals surface area contributed by atoms with Gasteiger partial charge in [0, 0.05) is 13.0 Å². The molecule has 0 fully saturated rings. The van der Waals surface area contributed by atoms with E-state index in [4.69, 9.17) is 12.2 Å². The van der Waals surface area contributed by atoms with Crippen LogP contribution in [0.25, 0.3) is 0 Å². The van der Waals surface area contributed by atoms with E-state index in [0.29, 0.717) is 5.82 Å². The summed E-state index contributed by atoms with van der Waals surface area (Å²) in [6, 6.07) is -0.103. The number of hydrogen-bond donors (Lipinski definition) is 1. The van der Waals surface area contributed by atoms with Crippen LogP contribution in [-0.4, -0.2) is 14.8 Å². The molecular formula is C9H14N4. The second-order valence-corrected chi connectivity index (χ2v) is 2.96. The van der Waals surface area contributed by atoms with Crippen LogP contribution < -0.4 is 5.73 Å². The second-order valence-electron chi connectivity index (χ2n) is 2.96. The molecule has 1 atom stereocenters. The van der Waals surface area contributed by atoms with Gasteiger partial charge in [0.05, 0.1) is 6.04 Å². The van der Waals surface area contributed by atoms with E-state index in [1.807, 2.05) is 6.92 Å². The fraction of sp³-hybridized carbons (Fsp3) is 0.556. The van der Waals surface area contributed by atoms with Crippen LogP contribution in [0, 0.1) is 12.3 Å². The summed E-state index contributed by atoms with van der Waals surface area (Å²) >= 11 is 0. The monoisotopic (exact) mass is 178 g/mol. The molecule has 1 aromatic rings. The number of unbranched alkanes of at least 4 members (excludes halogenated alkanes) is 1. The van der Waals surface area contributed by atoms with E-state index in [1.54, 1.807) is 11.0 Å². The molecule has 1 aromatic heterocycles. The Morgan fingerprint density at radius 2 is 2.54 bits per heavy atom. The molecule has 0 amide bonds. The number of terminal acetylenes is 1. The molecule has 0 aliphatic heterocycles. The first-order valence-electron chi connectivity index (χ1n) is 4.32. The van der Waals surface area contributed by atoms with Gasteiger partial charge in [0.25, 0.3) is 0 Å². The largest absolute Gasteiger partial charge is 0.321 e. The summed E-state index contributed by atoms with van der Waals surface area (Å²) in [5.74, 6) is 3.26. The minimum Gasteiger partial charge on any atom is -0.321 e. The van der Waals surface area contributed by atoms with Crippen LogP contribution in [0.5, 0.6) is 0 Å². The Hall–Kier alpha value is -1.34. The summed E-state index contributed by atoms with van der Waals surface area (Å²) in [4.78, 5) is 4.07. The fourth-order valence-electron chi connectivity index (χ4n) is 0.969. The first-order valence-corrected chi connectivity index (χ1v) is 4.32. The quantitative estimate of drug-likeness (QED) is 0.545. The molecule has 0 radical (unpaired) electrons. The maximum absolute atomic E-state index is 5.61. The van der Waals surface area contributed by atoms with E-state index in [1.165, 1.54) is 0 Å². The van der Waals surface area contributed by atoms with Crippen molar-refractivity contribution in [1.82, 2.24) is 14.8 Å². The van der Waals surface area contributed by atoms with Crippen LogP contribution in [0.2, 0.25) is 0 Å². The molecule has 1 unspecified atom stereocenters. The molecule has 2 N–H and O–H groups in total. The zero-order valence-corrected chi connectivity index (χ0v) is 7.77. The normalized spacial score (nSPS) is 12.4. The molecule has 4 heteroatoms. The van der Waals surface area contributed by atoms with E-state index in [0.717, 1.165) is 19.4 Å². The Balaban J connectivity index is 2.45. The predicted molar refractivity (Wildman–Crippen MR) is 50.7 cm³/mol. The van der Waals surface area contributed by atoms with Gasteiger partial charge in [0.2, 0.25) is 0 Å². The van der Waals surface area contributed by atoms with Gasteiger partial charge in [-0.05, 0) is 13.3 Å². The highest BCUT2D eigenvalue weighted by Gasteiger charge is 2.04. The first kappa shape index (κ1) is 9.75. The fourth-order valence-corrected chi connectivity index (χ4v) is 0.969. The van der Waals surface area contributed by atoms with Gasteiger partial charge < -0.3 is 5.73 Å². The van der Waals surface area contributed by atoms with Gasteiger partial charge in [-0.25, -0.2) is 4.98 Å². The predicted octanol–water partition coefficient (Wildman–Crippen LogP) is 0.711. The van der Waals surface area contributed by atoms with Crippen LogP contribution in [0.4, 0.5) is 0 Å². The van der Waals surface area contributed by atoms with Crippen molar-refractivity contribution in [3.63, 3.8) is 0 Å². The number of nitrogens with zero attached hydrogens (tertiary/aromatic N) is 3. The lowest BCUT2D eigenvalue weighted by molar-refractivity contribution is 0.572. The molecule has 70 valence electrons. The molecule has 0 spiro atoms. The standard InChI is InChI=1S/C9H14N4/c1-3-4-5-6-13-7-11-9(12-13)8(2)10/h1,7-8H,4-6,10H2,2H3. The number of aromatic nitrogens is 3. The lowest BCUT2D eigenvalue weighted by atomic mass is 10.3. The Morgan fingerprint density at radius 1 is 1.77 bits per heavy atom. The Kier molecular flexibility index (Phi) is 3.47. The minimum absolute atomic E-state index is 0.103. The van der Waals surface area contributed by atoms with E-state index >= 15 is 0 Å². The van der Waals surface area contributed by atoms with Gasteiger partial charge in [-0.15, -0.1) is 12.3 Å². The number of aryl methyl sites for hydroxylation is 1. The summed E-state index contributed by atoms with van der Waals surface area (Å²) in [6.07, 6.45) is 8.52. The molecule has 0 aromatic carbocycles. The van der Waals surface area contributed by atoms with Crippen molar-refractivity contribution in [2.75, 3.05) is 0 Å². The van der Waals surface area contributed by atoms with E-state index < -0.39 is 0 Å². The van der Waals surface area contributed by atoms with Crippen molar-refractivity contribution in [3.8, 4) is 12.3 Å². The molecule has 1 heterocycles. The number of hydrogen-bond acceptors (Lipinski definition) is 3. The molecular weight excluding hydrogens is 164 g/mol. The van der Waals surface area contributed by atoms with Gasteiger partial charge in [-0.3, -0.25) is 4.68 Å². The van der Waals surface area contributed by atoms with Crippen molar-refractivity contribution in [2.45, 2.75) is 32.4 Å². The number of nitrogens with two attached hydrogens (primary N) is 1. The molecule has 0 saturated heterocycles. The molecule has 4 nitrogen and oxygen atoms in total. The SMILES string of the molecule is C#CCCCn1cnc(C(C)N)n1. The Bertz CT molecular complexity index is 295. The Labute approximate surface area is 78.2 Å². The molecule has 0 saturated carbocycles. The summed E-state index contributed by atoms with van der Waals surface area (Å²) in [7, 11) is 0. The maximum atomic E-state index is 5.61. The van der Waals surface area contributed by atoms with Crippen LogP contribution >= 0.6 is 0 Å². The highest BCUT2D eigenvalue weighted by Crippen LogP contribution is 2.01. The van der Waals surface area contributed by atoms with Crippen molar-refractivity contribution in [3.05, 3.63) is 12.2 Å². The van der Waals surface area contributed by atoms with Gasteiger partial charge in [0.15, 0.2) is 5.82 Å². The zero-order valence-electron chi connectivity index (χ0n) is 7.77. The number of rotatable bonds is 4. The zero-order chi connectivity index (χ0) is 9.68. The second kappa shape index (κ2) is 4.63. The minimum atomic E-state index is -0.103. The summed E-state index contributed by atoms with van der Waals surface area (Å²) < 4.78 is 1.77. The lowest BCUT2D eigenvalue weighted by Crippen LogP contribution is -2.08. The van der Waals surface area contributed by atoms with E-state index in [2.05, 4.69) is 16.0 Å². The molecule has 0 bridgehead atoms. The average molecular weight is 178 g/mol. The van der Waals surface area contributed by atoms with Crippen molar-refractivity contribution < 1.29 is 0 Å². The molecule has 0 aliphatic carbocycles. The Morgan fingerprint density at radius 3 is 3.08 bits per heavy atom. The smallest absolute Gasteiger partial charge is 0.166 e. The van der Waals surface area contributed by atoms with Gasteiger partial charge in [0.1, 0.15) is 6.33 Å². The van der Waals surface area contributed by atoms with Gasteiger partial charge in [-0.2, -0.15) is 5.10 Å². The third-order valence-corrected chi connectivity index (χ3v) is 1.67. The van der Waals surface area contributed by atoms with Crippen LogP contribution in [0.3, 0.4) is 0 Å². The van der Waals surface area contributed by atoms with Crippen LogP contribution in [-0.2, 0) is 6.54 Å². The van der Waals surface area contributed by atoms with Crippen LogP contribution in [0.15, 0.2) is 6.33 Å². The third-order valence-electron chi connectivity index (χ3n) is 1.67. The van der Waals surface area contributed by atoms with Crippen molar-refractivity contribution in [1.29, 1.82) is 0 Å². The highest BCUT2D eigenvalue weighted by atomic mass is 15.3. The van der Waals surface area contributed by atoms with Crippen molar-refractivity contribution in [2.24, 2.45) is 5.73 Å². The van der Waals surface area contributed by atoms with Crippen LogP contribution in [0.1, 0.15) is 31.6 Å². The first-order chi connectivity index (χ1) is 6.24. The molecule has 0 aliphatic rings. The summed E-state index contributed by atoms with van der Waals surface area (Å²) in [6.45, 7) is 2.67. The third kappa shape index (κ3) is 2.88. The lowest BCUT2D eigenvalue weighted by Gasteiger charge is -1.98. The molecule has 1 rings (SSSR count). The average Bonchev–Trinajstić information content (AvgIpc) is 2.53. The highest BCUT2D eigenvalue weighted by molar-refractivity contribution is 4.88. The topological polar surface area (TPSA) is 56.7 Å². The van der Waals surface area contributed by atoms with Gasteiger partial charge in [-0.1, -0.05) is 0 Å². The summed E-state index contributed by atoms with van der Waals surface area (Å²) in [5.41, 5.74) is 5.61. The van der Waals surface area contributed by atoms with Gasteiger partial charge >= 0.3 is 0 Å². The van der Waals surface area contributed by atoms with Crippen molar-refractivity contribution >= 4 is 0 Å². The summed E-state index contributed by atoms with van der Waals surface area (Å²) in [5, 5.41) is 4.19. The maximum Gasteiger partial charge on any atom is 0.166 e. The van der Waals surface area contributed by atoms with E-state index in [-0.39, 0.29) is 6.04 Å².